The van der Waals surface area contributed by atoms with Crippen molar-refractivity contribution in [3.05, 3.63) is 54.4 Å². The van der Waals surface area contributed by atoms with Crippen LogP contribution in [-0.2, 0) is 18.9 Å². The highest BCUT2D eigenvalue weighted by Gasteiger charge is 2.05. The highest BCUT2D eigenvalue weighted by atomic mass is 16.6. The molecule has 2 amide bonds. The third-order valence-electron chi connectivity index (χ3n) is 4.06. The number of aromatic nitrogens is 1. The van der Waals surface area contributed by atoms with Crippen molar-refractivity contribution in [1.82, 2.24) is 15.6 Å². The van der Waals surface area contributed by atoms with Crippen molar-refractivity contribution < 1.29 is 28.5 Å². The zero-order valence-electron chi connectivity index (χ0n) is 18.2. The minimum Gasteiger partial charge on any atom is -0.447 e. The summed E-state index contributed by atoms with van der Waals surface area (Å²) in [6, 6.07) is 11.0. The number of pyridine rings is 1. The molecule has 1 aromatic heterocycles. The lowest BCUT2D eigenvalue weighted by Crippen LogP contribution is -2.27. The predicted octanol–water partition coefficient (Wildman–Crippen LogP) is 1.96. The molecule has 0 fully saturated rings. The summed E-state index contributed by atoms with van der Waals surface area (Å²) in [5, 5.41) is 8.40. The van der Waals surface area contributed by atoms with Gasteiger partial charge in [-0.3, -0.25) is 9.78 Å². The van der Waals surface area contributed by atoms with Crippen molar-refractivity contribution >= 4 is 23.4 Å². The molecule has 0 bridgehead atoms. The Balaban J connectivity index is 1.45. The van der Waals surface area contributed by atoms with Gasteiger partial charge in [-0.1, -0.05) is 0 Å². The monoisotopic (exact) mass is 446 g/mol. The van der Waals surface area contributed by atoms with E-state index >= 15 is 0 Å². The quantitative estimate of drug-likeness (QED) is 0.355. The average Bonchev–Trinajstić information content (AvgIpc) is 2.82. The van der Waals surface area contributed by atoms with Gasteiger partial charge in [0.05, 0.1) is 39.6 Å². The molecule has 0 saturated heterocycles. The molecular weight excluding hydrogens is 416 g/mol. The molecule has 2 aromatic rings. The zero-order valence-corrected chi connectivity index (χ0v) is 18.2. The van der Waals surface area contributed by atoms with Crippen LogP contribution >= 0.6 is 0 Å². The van der Waals surface area contributed by atoms with Crippen LogP contribution in [0, 0.1) is 0 Å². The summed E-state index contributed by atoms with van der Waals surface area (Å²) >= 11 is 0. The molecule has 0 spiro atoms. The van der Waals surface area contributed by atoms with E-state index in [1.165, 1.54) is 7.05 Å². The SMILES string of the molecule is CNC(=O)OCCOCCOCCOCCNC(=O)c1ccc(Nc2ccncc2)cc1. The number of anilines is 2. The van der Waals surface area contributed by atoms with E-state index < -0.39 is 6.09 Å². The first kappa shape index (κ1) is 25.1. The van der Waals surface area contributed by atoms with Gasteiger partial charge in [0.2, 0.25) is 0 Å². The summed E-state index contributed by atoms with van der Waals surface area (Å²) < 4.78 is 20.8. The summed E-state index contributed by atoms with van der Waals surface area (Å²) in [5.74, 6) is -0.155. The van der Waals surface area contributed by atoms with Gasteiger partial charge in [0.1, 0.15) is 6.61 Å². The normalized spacial score (nSPS) is 10.4. The molecule has 0 aliphatic heterocycles. The summed E-state index contributed by atoms with van der Waals surface area (Å²) in [6.45, 7) is 2.99. The minimum absolute atomic E-state index is 0.155. The third-order valence-corrected chi connectivity index (χ3v) is 4.06. The maximum Gasteiger partial charge on any atom is 0.406 e. The first-order valence-corrected chi connectivity index (χ1v) is 10.3. The fraction of sp³-hybridized carbons (Fsp3) is 0.409. The van der Waals surface area contributed by atoms with Crippen LogP contribution in [0.1, 0.15) is 10.4 Å². The molecule has 0 atom stereocenters. The Morgan fingerprint density at radius 3 is 1.97 bits per heavy atom. The molecule has 0 aliphatic carbocycles. The van der Waals surface area contributed by atoms with Gasteiger partial charge >= 0.3 is 6.09 Å². The Bertz CT molecular complexity index is 789. The Morgan fingerprint density at radius 1 is 0.781 bits per heavy atom. The van der Waals surface area contributed by atoms with E-state index in [1.807, 2.05) is 24.3 Å². The number of rotatable bonds is 15. The summed E-state index contributed by atoms with van der Waals surface area (Å²) in [6.07, 6.45) is 2.94. The highest BCUT2D eigenvalue weighted by Crippen LogP contribution is 2.16. The number of carbonyl (C=O) groups is 2. The topological polar surface area (TPSA) is 120 Å². The summed E-state index contributed by atoms with van der Waals surface area (Å²) in [4.78, 5) is 27.0. The number of amides is 2. The van der Waals surface area contributed by atoms with Gasteiger partial charge in [0.25, 0.3) is 5.91 Å². The number of hydrogen-bond acceptors (Lipinski definition) is 8. The molecule has 174 valence electrons. The molecule has 2 rings (SSSR count). The van der Waals surface area contributed by atoms with Crippen molar-refractivity contribution in [3.8, 4) is 0 Å². The largest absolute Gasteiger partial charge is 0.447 e. The van der Waals surface area contributed by atoms with E-state index in [2.05, 4.69) is 20.9 Å². The van der Waals surface area contributed by atoms with E-state index in [-0.39, 0.29) is 12.5 Å². The Kier molecular flexibility index (Phi) is 12.2. The van der Waals surface area contributed by atoms with Crippen LogP contribution in [-0.4, -0.2) is 76.8 Å². The second-order valence-corrected chi connectivity index (χ2v) is 6.42. The Labute approximate surface area is 187 Å². The van der Waals surface area contributed by atoms with Crippen LogP contribution in [0.5, 0.6) is 0 Å². The van der Waals surface area contributed by atoms with Gasteiger partial charge in [0.15, 0.2) is 0 Å². The molecule has 1 aromatic carbocycles. The van der Waals surface area contributed by atoms with Gasteiger partial charge in [-0.15, -0.1) is 0 Å². The van der Waals surface area contributed by atoms with Gasteiger partial charge in [-0.25, -0.2) is 4.79 Å². The average molecular weight is 447 g/mol. The number of nitrogens with zero attached hydrogens (tertiary/aromatic N) is 1. The van der Waals surface area contributed by atoms with E-state index in [4.69, 9.17) is 18.9 Å². The van der Waals surface area contributed by atoms with E-state index in [0.717, 1.165) is 11.4 Å². The zero-order chi connectivity index (χ0) is 22.9. The number of benzene rings is 1. The smallest absolute Gasteiger partial charge is 0.406 e. The third kappa shape index (κ3) is 10.7. The molecule has 0 aliphatic rings. The van der Waals surface area contributed by atoms with Crippen molar-refractivity contribution in [2.75, 3.05) is 65.2 Å². The molecule has 10 heteroatoms. The van der Waals surface area contributed by atoms with E-state index in [0.29, 0.717) is 51.7 Å². The lowest BCUT2D eigenvalue weighted by molar-refractivity contribution is 0.00631. The number of ether oxygens (including phenoxy) is 4. The maximum absolute atomic E-state index is 12.2. The fourth-order valence-corrected chi connectivity index (χ4v) is 2.45. The minimum atomic E-state index is -0.481. The van der Waals surface area contributed by atoms with Gasteiger partial charge in [-0.2, -0.15) is 0 Å². The van der Waals surface area contributed by atoms with Crippen LogP contribution < -0.4 is 16.0 Å². The lowest BCUT2D eigenvalue weighted by Gasteiger charge is -2.09. The van der Waals surface area contributed by atoms with Crippen molar-refractivity contribution in [3.63, 3.8) is 0 Å². The lowest BCUT2D eigenvalue weighted by atomic mass is 10.2. The molecule has 0 radical (unpaired) electrons. The summed E-state index contributed by atoms with van der Waals surface area (Å²) in [7, 11) is 1.50. The van der Waals surface area contributed by atoms with E-state index in [1.54, 1.807) is 24.5 Å². The van der Waals surface area contributed by atoms with Crippen molar-refractivity contribution in [1.29, 1.82) is 0 Å². The number of carbonyl (C=O) groups excluding carboxylic acids is 2. The van der Waals surface area contributed by atoms with Crippen LogP contribution in [0.2, 0.25) is 0 Å². The van der Waals surface area contributed by atoms with Gasteiger partial charge in [0, 0.05) is 42.9 Å². The molecule has 3 N–H and O–H groups in total. The van der Waals surface area contributed by atoms with Crippen molar-refractivity contribution in [2.24, 2.45) is 0 Å². The van der Waals surface area contributed by atoms with E-state index in [9.17, 15) is 9.59 Å². The highest BCUT2D eigenvalue weighted by molar-refractivity contribution is 5.94. The fourth-order valence-electron chi connectivity index (χ4n) is 2.45. The standard InChI is InChI=1S/C22H30N4O6/c1-23-22(28)32-17-16-31-15-14-30-13-12-29-11-10-25-21(27)18-2-4-19(5-3-18)26-20-6-8-24-9-7-20/h2-9H,10-17H2,1H3,(H,23,28)(H,24,26)(H,25,27). The molecule has 1 heterocycles. The number of nitrogens with one attached hydrogen (secondary N) is 3. The predicted molar refractivity (Wildman–Crippen MR) is 119 cm³/mol. The first-order chi connectivity index (χ1) is 15.7. The first-order valence-electron chi connectivity index (χ1n) is 10.3. The Morgan fingerprint density at radius 2 is 1.34 bits per heavy atom. The summed E-state index contributed by atoms with van der Waals surface area (Å²) in [5.41, 5.74) is 2.39. The van der Waals surface area contributed by atoms with Crippen molar-refractivity contribution in [2.45, 2.75) is 0 Å². The van der Waals surface area contributed by atoms with Crippen LogP contribution in [0.25, 0.3) is 0 Å². The maximum atomic E-state index is 12.2. The number of alkyl carbamates (subject to hydrolysis) is 1. The molecule has 0 saturated carbocycles. The van der Waals surface area contributed by atoms with Gasteiger partial charge < -0.3 is 34.9 Å². The Hall–Kier alpha value is -3.21. The molecule has 32 heavy (non-hydrogen) atoms. The second-order valence-electron chi connectivity index (χ2n) is 6.42. The second kappa shape index (κ2) is 15.6. The van der Waals surface area contributed by atoms with Crippen LogP contribution in [0.3, 0.4) is 0 Å². The molecular formula is C22H30N4O6. The van der Waals surface area contributed by atoms with Crippen LogP contribution in [0.15, 0.2) is 48.8 Å². The molecule has 10 nitrogen and oxygen atoms in total. The van der Waals surface area contributed by atoms with Crippen LogP contribution in [0.4, 0.5) is 16.2 Å². The number of hydrogen-bond donors (Lipinski definition) is 3. The van der Waals surface area contributed by atoms with Gasteiger partial charge in [-0.05, 0) is 36.4 Å². The molecule has 0 unspecified atom stereocenters.